The number of benzene rings is 1. The van der Waals surface area contributed by atoms with Crippen molar-refractivity contribution in [3.8, 4) is 5.75 Å². The fourth-order valence-electron chi connectivity index (χ4n) is 1.35. The van der Waals surface area contributed by atoms with E-state index in [-0.39, 0.29) is 16.2 Å². The molecule has 0 aliphatic heterocycles. The third kappa shape index (κ3) is 2.62. The summed E-state index contributed by atoms with van der Waals surface area (Å²) in [6, 6.07) is 3.67. The Kier molecular flexibility index (Phi) is 4.31. The third-order valence-corrected chi connectivity index (χ3v) is 4.52. The summed E-state index contributed by atoms with van der Waals surface area (Å²) in [6.45, 7) is 2.02. The summed E-state index contributed by atoms with van der Waals surface area (Å²) in [5.41, 5.74) is -0.0232. The van der Waals surface area contributed by atoms with Crippen LogP contribution < -0.4 is 4.74 Å². The molecule has 7 heteroatoms. The first-order valence-electron chi connectivity index (χ1n) is 5.22. The second-order valence-electron chi connectivity index (χ2n) is 3.59. The maximum Gasteiger partial charge on any atom is 0.335 e. The SMILES string of the molecule is CCN(C)S(=O)(=O)c1ccc(C(=O)O)cc1OC. The van der Waals surface area contributed by atoms with Crippen molar-refractivity contribution >= 4 is 16.0 Å². The highest BCUT2D eigenvalue weighted by Crippen LogP contribution is 2.27. The number of methoxy groups -OCH3 is 1. The number of nitrogens with zero attached hydrogens (tertiary/aromatic N) is 1. The van der Waals surface area contributed by atoms with E-state index in [0.717, 1.165) is 4.31 Å². The van der Waals surface area contributed by atoms with E-state index < -0.39 is 16.0 Å². The third-order valence-electron chi connectivity index (χ3n) is 2.54. The van der Waals surface area contributed by atoms with E-state index in [2.05, 4.69) is 0 Å². The smallest absolute Gasteiger partial charge is 0.335 e. The first kappa shape index (κ1) is 14.5. The minimum absolute atomic E-state index is 0.0232. The molecule has 6 nitrogen and oxygen atoms in total. The maximum atomic E-state index is 12.1. The molecule has 0 bridgehead atoms. The molecule has 0 heterocycles. The van der Waals surface area contributed by atoms with Gasteiger partial charge in [-0.25, -0.2) is 17.5 Å². The van der Waals surface area contributed by atoms with Gasteiger partial charge in [0.05, 0.1) is 12.7 Å². The summed E-state index contributed by atoms with van der Waals surface area (Å²) in [5, 5.41) is 8.84. The van der Waals surface area contributed by atoms with Crippen LogP contribution in [0.3, 0.4) is 0 Å². The fraction of sp³-hybridized carbons (Fsp3) is 0.364. The van der Waals surface area contributed by atoms with Crippen LogP contribution in [0.25, 0.3) is 0 Å². The second kappa shape index (κ2) is 5.36. The van der Waals surface area contributed by atoms with Gasteiger partial charge in [0.15, 0.2) is 0 Å². The van der Waals surface area contributed by atoms with Crippen molar-refractivity contribution in [1.82, 2.24) is 4.31 Å². The molecule has 0 fully saturated rings. The van der Waals surface area contributed by atoms with Gasteiger partial charge in [-0.2, -0.15) is 0 Å². The van der Waals surface area contributed by atoms with Gasteiger partial charge in [-0.1, -0.05) is 6.92 Å². The van der Waals surface area contributed by atoms with Crippen LogP contribution in [0.4, 0.5) is 0 Å². The highest BCUT2D eigenvalue weighted by atomic mass is 32.2. The van der Waals surface area contributed by atoms with E-state index in [0.29, 0.717) is 6.54 Å². The van der Waals surface area contributed by atoms with Gasteiger partial charge in [0.25, 0.3) is 0 Å². The summed E-state index contributed by atoms with van der Waals surface area (Å²) in [6.07, 6.45) is 0. The number of sulfonamides is 1. The topological polar surface area (TPSA) is 83.9 Å². The minimum Gasteiger partial charge on any atom is -0.495 e. The Hall–Kier alpha value is -1.60. The summed E-state index contributed by atoms with van der Waals surface area (Å²) < 4.78 is 30.4. The van der Waals surface area contributed by atoms with Crippen molar-refractivity contribution in [3.05, 3.63) is 23.8 Å². The zero-order valence-electron chi connectivity index (χ0n) is 10.4. The predicted octanol–water partition coefficient (Wildman–Crippen LogP) is 1.03. The van der Waals surface area contributed by atoms with Crippen LogP contribution in [0, 0.1) is 0 Å². The van der Waals surface area contributed by atoms with E-state index in [1.165, 1.54) is 32.4 Å². The molecule has 1 N–H and O–H groups in total. The predicted molar refractivity (Wildman–Crippen MR) is 65.4 cm³/mol. The quantitative estimate of drug-likeness (QED) is 0.866. The number of carbonyl (C=O) groups is 1. The van der Waals surface area contributed by atoms with E-state index in [1.54, 1.807) is 6.92 Å². The average Bonchev–Trinajstić information content (AvgIpc) is 2.36. The molecular formula is C11H15NO5S. The molecule has 0 aromatic heterocycles. The Bertz CT molecular complexity index is 553. The largest absolute Gasteiger partial charge is 0.495 e. The molecule has 0 radical (unpaired) electrons. The fourth-order valence-corrected chi connectivity index (χ4v) is 2.66. The van der Waals surface area contributed by atoms with Crippen LogP contribution in [0.5, 0.6) is 5.75 Å². The van der Waals surface area contributed by atoms with Gasteiger partial charge in [-0.15, -0.1) is 0 Å². The first-order chi connectivity index (χ1) is 8.34. The van der Waals surface area contributed by atoms with Crippen LogP contribution in [0.15, 0.2) is 23.1 Å². The molecule has 100 valence electrons. The zero-order valence-corrected chi connectivity index (χ0v) is 11.2. The number of hydrogen-bond donors (Lipinski definition) is 1. The lowest BCUT2D eigenvalue weighted by Gasteiger charge is -2.17. The Morgan fingerprint density at radius 2 is 2.06 bits per heavy atom. The number of rotatable bonds is 5. The van der Waals surface area contributed by atoms with Gasteiger partial charge < -0.3 is 9.84 Å². The second-order valence-corrected chi connectivity index (χ2v) is 5.60. The molecule has 0 amide bonds. The summed E-state index contributed by atoms with van der Waals surface area (Å²) in [4.78, 5) is 10.8. The normalized spacial score (nSPS) is 11.6. The highest BCUT2D eigenvalue weighted by Gasteiger charge is 2.24. The summed E-state index contributed by atoms with van der Waals surface area (Å²) >= 11 is 0. The number of carboxylic acid groups (broad SMARTS) is 1. The standard InChI is InChI=1S/C11H15NO5S/c1-4-12(2)18(15,16)10-6-5-8(11(13)14)7-9(10)17-3/h5-7H,4H2,1-3H3,(H,13,14). The highest BCUT2D eigenvalue weighted by molar-refractivity contribution is 7.89. The molecule has 1 rings (SSSR count). The zero-order chi connectivity index (χ0) is 13.9. The lowest BCUT2D eigenvalue weighted by molar-refractivity contribution is 0.0696. The Morgan fingerprint density at radius 1 is 1.44 bits per heavy atom. The van der Waals surface area contributed by atoms with Crippen LogP contribution in [0.2, 0.25) is 0 Å². The maximum absolute atomic E-state index is 12.1. The van der Waals surface area contributed by atoms with E-state index in [1.807, 2.05) is 0 Å². The van der Waals surface area contributed by atoms with E-state index >= 15 is 0 Å². The summed E-state index contributed by atoms with van der Waals surface area (Å²) in [7, 11) is -0.917. The molecule has 0 aliphatic carbocycles. The molecule has 0 aliphatic rings. The number of ether oxygens (including phenoxy) is 1. The summed E-state index contributed by atoms with van der Waals surface area (Å²) in [5.74, 6) is -1.11. The first-order valence-corrected chi connectivity index (χ1v) is 6.66. The minimum atomic E-state index is -3.66. The van der Waals surface area contributed by atoms with Gasteiger partial charge in [-0.3, -0.25) is 0 Å². The molecule has 1 aromatic carbocycles. The van der Waals surface area contributed by atoms with Crippen molar-refractivity contribution in [1.29, 1.82) is 0 Å². The van der Waals surface area contributed by atoms with Crippen molar-refractivity contribution < 1.29 is 23.1 Å². The van der Waals surface area contributed by atoms with Gasteiger partial charge in [0, 0.05) is 13.6 Å². The van der Waals surface area contributed by atoms with Gasteiger partial charge in [-0.05, 0) is 18.2 Å². The van der Waals surface area contributed by atoms with Gasteiger partial charge in [0.1, 0.15) is 10.6 Å². The Labute approximate surface area is 106 Å². The van der Waals surface area contributed by atoms with Crippen molar-refractivity contribution in [2.75, 3.05) is 20.7 Å². The molecule has 0 atom stereocenters. The van der Waals surface area contributed by atoms with Crippen molar-refractivity contribution in [3.63, 3.8) is 0 Å². The number of hydrogen-bond acceptors (Lipinski definition) is 4. The van der Waals surface area contributed by atoms with E-state index in [9.17, 15) is 13.2 Å². The number of aromatic carboxylic acids is 1. The van der Waals surface area contributed by atoms with Gasteiger partial charge in [0.2, 0.25) is 10.0 Å². The number of carboxylic acids is 1. The monoisotopic (exact) mass is 273 g/mol. The molecule has 0 unspecified atom stereocenters. The van der Waals surface area contributed by atoms with Crippen LogP contribution in [0.1, 0.15) is 17.3 Å². The van der Waals surface area contributed by atoms with Crippen LogP contribution in [-0.4, -0.2) is 44.5 Å². The van der Waals surface area contributed by atoms with E-state index in [4.69, 9.17) is 9.84 Å². The van der Waals surface area contributed by atoms with Crippen LogP contribution >= 0.6 is 0 Å². The molecule has 1 aromatic rings. The van der Waals surface area contributed by atoms with Gasteiger partial charge >= 0.3 is 5.97 Å². The van der Waals surface area contributed by atoms with Crippen LogP contribution in [-0.2, 0) is 10.0 Å². The molecule has 18 heavy (non-hydrogen) atoms. The molecule has 0 saturated heterocycles. The molecular weight excluding hydrogens is 258 g/mol. The Morgan fingerprint density at radius 3 is 2.50 bits per heavy atom. The van der Waals surface area contributed by atoms with Crippen molar-refractivity contribution in [2.45, 2.75) is 11.8 Å². The average molecular weight is 273 g/mol. The van der Waals surface area contributed by atoms with Crippen molar-refractivity contribution in [2.24, 2.45) is 0 Å². The molecule has 0 spiro atoms. The lowest BCUT2D eigenvalue weighted by Crippen LogP contribution is -2.27. The molecule has 0 saturated carbocycles. The lowest BCUT2D eigenvalue weighted by atomic mass is 10.2. The Balaban J connectivity index is 3.39.